The summed E-state index contributed by atoms with van der Waals surface area (Å²) in [6.45, 7) is 6.94. The molecule has 4 rings (SSSR count). The summed E-state index contributed by atoms with van der Waals surface area (Å²) in [5.41, 5.74) is 2.17. The highest BCUT2D eigenvalue weighted by atomic mass is 16.6. The third-order valence-electron chi connectivity index (χ3n) is 5.03. The first-order valence-electron chi connectivity index (χ1n) is 10.4. The van der Waals surface area contributed by atoms with E-state index in [2.05, 4.69) is 5.10 Å². The molecule has 1 saturated heterocycles. The molecule has 1 aliphatic heterocycles. The maximum absolute atomic E-state index is 12.4. The van der Waals surface area contributed by atoms with Gasteiger partial charge in [-0.05, 0) is 39.7 Å². The normalized spacial score (nSPS) is 17.6. The van der Waals surface area contributed by atoms with E-state index < -0.39 is 5.60 Å². The van der Waals surface area contributed by atoms with Crippen molar-refractivity contribution in [2.45, 2.75) is 51.7 Å². The Bertz CT molecular complexity index is 1010. The van der Waals surface area contributed by atoms with Crippen molar-refractivity contribution in [2.75, 3.05) is 13.1 Å². The van der Waals surface area contributed by atoms with Crippen molar-refractivity contribution in [3.05, 3.63) is 48.8 Å². The minimum absolute atomic E-state index is 0.0188. The molecular weight excluding hydrogens is 380 g/mol. The van der Waals surface area contributed by atoms with E-state index in [1.165, 1.54) is 0 Å². The van der Waals surface area contributed by atoms with Crippen molar-refractivity contribution >= 4 is 11.6 Å². The van der Waals surface area contributed by atoms with Gasteiger partial charge in [-0.2, -0.15) is 5.10 Å². The summed E-state index contributed by atoms with van der Waals surface area (Å²) >= 11 is 0. The van der Waals surface area contributed by atoms with Crippen LogP contribution in [0.1, 0.15) is 40.0 Å². The minimum atomic E-state index is -0.491. The van der Waals surface area contributed by atoms with E-state index >= 15 is 0 Å². The fraction of sp³-hybridized carbons (Fsp3) is 0.435. The number of ether oxygens (including phenoxy) is 2. The van der Waals surface area contributed by atoms with Crippen LogP contribution in [0.3, 0.4) is 0 Å². The molecule has 0 bridgehead atoms. The van der Waals surface area contributed by atoms with Crippen LogP contribution in [-0.4, -0.2) is 50.4 Å². The smallest absolute Gasteiger partial charge is 0.410 e. The summed E-state index contributed by atoms with van der Waals surface area (Å²) in [7, 11) is 0. The average Bonchev–Trinajstić information content (AvgIpc) is 3.06. The van der Waals surface area contributed by atoms with Crippen molar-refractivity contribution in [3.8, 4) is 17.1 Å². The van der Waals surface area contributed by atoms with Crippen molar-refractivity contribution in [3.63, 3.8) is 0 Å². The zero-order valence-electron chi connectivity index (χ0n) is 17.7. The second kappa shape index (κ2) is 8.34. The molecule has 1 aliphatic rings. The lowest BCUT2D eigenvalue weighted by Crippen LogP contribution is -2.37. The SMILES string of the molecule is CC(C)(C)OC(=O)N1CCC[C@@H](Oc2nc(-c3ccccc3)cn3nccc23)CC1. The number of nitrogens with zero attached hydrogens (tertiary/aromatic N) is 4. The number of aromatic nitrogens is 3. The van der Waals surface area contributed by atoms with Gasteiger partial charge in [-0.1, -0.05) is 30.3 Å². The number of hydrogen-bond acceptors (Lipinski definition) is 5. The Labute approximate surface area is 176 Å². The van der Waals surface area contributed by atoms with Crippen LogP contribution in [0, 0.1) is 0 Å². The van der Waals surface area contributed by atoms with Gasteiger partial charge in [0.05, 0.1) is 18.1 Å². The number of hydrogen-bond donors (Lipinski definition) is 0. The van der Waals surface area contributed by atoms with E-state index in [9.17, 15) is 4.79 Å². The molecule has 0 unspecified atom stereocenters. The molecule has 0 radical (unpaired) electrons. The van der Waals surface area contributed by atoms with Crippen LogP contribution in [0.15, 0.2) is 48.8 Å². The zero-order valence-corrected chi connectivity index (χ0v) is 17.7. The highest BCUT2D eigenvalue weighted by molar-refractivity contribution is 5.68. The monoisotopic (exact) mass is 408 g/mol. The highest BCUT2D eigenvalue weighted by Gasteiger charge is 2.26. The van der Waals surface area contributed by atoms with E-state index in [-0.39, 0.29) is 12.2 Å². The van der Waals surface area contributed by atoms with Gasteiger partial charge in [0.2, 0.25) is 5.88 Å². The number of carbonyl (C=O) groups is 1. The van der Waals surface area contributed by atoms with E-state index in [0.29, 0.717) is 19.0 Å². The maximum Gasteiger partial charge on any atom is 0.410 e. The van der Waals surface area contributed by atoms with Crippen molar-refractivity contribution in [2.24, 2.45) is 0 Å². The summed E-state index contributed by atoms with van der Waals surface area (Å²) in [6.07, 6.45) is 5.83. The molecule has 1 atom stereocenters. The molecule has 158 valence electrons. The van der Waals surface area contributed by atoms with E-state index in [1.54, 1.807) is 15.6 Å². The third-order valence-corrected chi connectivity index (χ3v) is 5.03. The molecule has 7 nitrogen and oxygen atoms in total. The molecule has 3 aromatic rings. The molecule has 1 amide bonds. The van der Waals surface area contributed by atoms with Crippen LogP contribution in [0.25, 0.3) is 16.8 Å². The molecule has 2 aromatic heterocycles. The largest absolute Gasteiger partial charge is 0.473 e. The fourth-order valence-electron chi connectivity index (χ4n) is 3.58. The van der Waals surface area contributed by atoms with Crippen molar-refractivity contribution < 1.29 is 14.3 Å². The molecule has 0 aliphatic carbocycles. The first-order chi connectivity index (χ1) is 14.4. The predicted octanol–water partition coefficient (Wildman–Crippen LogP) is 4.56. The van der Waals surface area contributed by atoms with Gasteiger partial charge in [0.15, 0.2) is 0 Å². The van der Waals surface area contributed by atoms with Gasteiger partial charge in [0.25, 0.3) is 0 Å². The van der Waals surface area contributed by atoms with Crippen LogP contribution in [-0.2, 0) is 4.74 Å². The standard InChI is InChI=1S/C23H28N4O3/c1-23(2,3)30-22(28)26-14-7-10-18(12-15-26)29-21-20-11-13-24-27(20)16-19(25-21)17-8-5-4-6-9-17/h4-6,8-9,11,13,16,18H,7,10,12,14-15H2,1-3H3/t18-/m1/s1. The predicted molar refractivity (Wildman–Crippen MR) is 114 cm³/mol. The van der Waals surface area contributed by atoms with Gasteiger partial charge in [0.1, 0.15) is 17.2 Å². The first-order valence-corrected chi connectivity index (χ1v) is 10.4. The Balaban J connectivity index is 1.50. The van der Waals surface area contributed by atoms with Crippen molar-refractivity contribution in [1.29, 1.82) is 0 Å². The van der Waals surface area contributed by atoms with E-state index in [4.69, 9.17) is 14.5 Å². The number of benzene rings is 1. The maximum atomic E-state index is 12.4. The lowest BCUT2D eigenvalue weighted by atomic mass is 10.1. The molecule has 0 spiro atoms. The van der Waals surface area contributed by atoms with E-state index in [0.717, 1.165) is 36.0 Å². The topological polar surface area (TPSA) is 69.0 Å². The van der Waals surface area contributed by atoms with Gasteiger partial charge >= 0.3 is 6.09 Å². The molecule has 1 aromatic carbocycles. The molecule has 1 fully saturated rings. The lowest BCUT2D eigenvalue weighted by molar-refractivity contribution is 0.0252. The van der Waals surface area contributed by atoms with Gasteiger partial charge in [-0.15, -0.1) is 0 Å². The van der Waals surface area contributed by atoms with Gasteiger partial charge in [0, 0.05) is 25.1 Å². The summed E-state index contributed by atoms with van der Waals surface area (Å²) in [5, 5.41) is 4.37. The van der Waals surface area contributed by atoms with Crippen LogP contribution in [0.2, 0.25) is 0 Å². The fourth-order valence-corrected chi connectivity index (χ4v) is 3.58. The summed E-state index contributed by atoms with van der Waals surface area (Å²) in [5.74, 6) is 0.574. The Morgan fingerprint density at radius 3 is 2.67 bits per heavy atom. The van der Waals surface area contributed by atoms with Crippen molar-refractivity contribution in [1.82, 2.24) is 19.5 Å². The second-order valence-corrected chi connectivity index (χ2v) is 8.60. The van der Waals surface area contributed by atoms with Crippen LogP contribution >= 0.6 is 0 Å². The molecule has 7 heteroatoms. The van der Waals surface area contributed by atoms with Crippen LogP contribution in [0.4, 0.5) is 4.79 Å². The molecule has 0 saturated carbocycles. The zero-order chi connectivity index (χ0) is 21.1. The van der Waals surface area contributed by atoms with Gasteiger partial charge < -0.3 is 14.4 Å². The Morgan fingerprint density at radius 1 is 1.10 bits per heavy atom. The number of carbonyl (C=O) groups excluding carboxylic acids is 1. The molecule has 30 heavy (non-hydrogen) atoms. The Hall–Kier alpha value is -3.09. The average molecular weight is 409 g/mol. The second-order valence-electron chi connectivity index (χ2n) is 8.60. The summed E-state index contributed by atoms with van der Waals surface area (Å²) < 4.78 is 13.7. The van der Waals surface area contributed by atoms with E-state index in [1.807, 2.05) is 63.4 Å². The van der Waals surface area contributed by atoms with Crippen LogP contribution < -0.4 is 4.74 Å². The quantitative estimate of drug-likeness (QED) is 0.635. The number of amides is 1. The number of rotatable bonds is 3. The third kappa shape index (κ3) is 4.72. The lowest BCUT2D eigenvalue weighted by Gasteiger charge is -2.26. The van der Waals surface area contributed by atoms with Gasteiger partial charge in [-0.25, -0.2) is 14.3 Å². The Kier molecular flexibility index (Phi) is 5.61. The number of fused-ring (bicyclic) bond motifs is 1. The number of likely N-dealkylation sites (tertiary alicyclic amines) is 1. The summed E-state index contributed by atoms with van der Waals surface area (Å²) in [4.78, 5) is 19.0. The highest BCUT2D eigenvalue weighted by Crippen LogP contribution is 2.26. The van der Waals surface area contributed by atoms with Gasteiger partial charge in [-0.3, -0.25) is 0 Å². The molecule has 0 N–H and O–H groups in total. The minimum Gasteiger partial charge on any atom is -0.473 e. The molecular formula is C23H28N4O3. The Morgan fingerprint density at radius 2 is 1.90 bits per heavy atom. The first kappa shape index (κ1) is 20.2. The van der Waals surface area contributed by atoms with Crippen LogP contribution in [0.5, 0.6) is 5.88 Å². The summed E-state index contributed by atoms with van der Waals surface area (Å²) in [6, 6.07) is 11.9. The molecule has 3 heterocycles.